The monoisotopic (exact) mass is 492 g/mol. The van der Waals surface area contributed by atoms with Crippen LogP contribution in [0.3, 0.4) is 0 Å². The number of carbonyl (C=O) groups is 1. The number of rotatable bonds is 6. The Balaban J connectivity index is 1.41. The average molecular weight is 493 g/mol. The van der Waals surface area contributed by atoms with E-state index in [1.165, 1.54) is 6.07 Å². The molecule has 6 aromatic rings. The number of imidazole rings is 1. The predicted molar refractivity (Wildman–Crippen MR) is 139 cm³/mol. The highest BCUT2D eigenvalue weighted by atomic mass is 19.1. The lowest BCUT2D eigenvalue weighted by Crippen LogP contribution is -2.10. The summed E-state index contributed by atoms with van der Waals surface area (Å²) < 4.78 is 14.5. The van der Waals surface area contributed by atoms with E-state index in [4.69, 9.17) is 9.97 Å². The molecule has 0 bridgehead atoms. The topological polar surface area (TPSA) is 125 Å². The molecule has 0 fully saturated rings. The van der Waals surface area contributed by atoms with Gasteiger partial charge in [0.2, 0.25) is 5.91 Å². The molecule has 0 spiro atoms. The molecule has 0 radical (unpaired) electrons. The van der Waals surface area contributed by atoms with E-state index in [0.29, 0.717) is 57.0 Å². The first kappa shape index (κ1) is 22.5. The van der Waals surface area contributed by atoms with Crippen molar-refractivity contribution in [2.24, 2.45) is 0 Å². The fourth-order valence-corrected chi connectivity index (χ4v) is 4.25. The Hall–Kier alpha value is -4.99. The first-order valence-corrected chi connectivity index (χ1v) is 11.8. The lowest BCUT2D eigenvalue weighted by molar-refractivity contribution is -0.116. The number of amides is 1. The number of H-pyrrole nitrogens is 2. The smallest absolute Gasteiger partial charge is 0.224 e. The molecule has 5 aromatic heterocycles. The van der Waals surface area contributed by atoms with E-state index in [-0.39, 0.29) is 11.7 Å². The number of halogens is 1. The minimum atomic E-state index is -0.348. The van der Waals surface area contributed by atoms with Crippen LogP contribution in [0.5, 0.6) is 0 Å². The van der Waals surface area contributed by atoms with Crippen LogP contribution in [-0.2, 0) is 4.79 Å². The van der Waals surface area contributed by atoms with Gasteiger partial charge in [-0.1, -0.05) is 25.1 Å². The molecule has 0 atom stereocenters. The lowest BCUT2D eigenvalue weighted by atomic mass is 10.1. The highest BCUT2D eigenvalue weighted by molar-refractivity contribution is 5.96. The zero-order chi connectivity index (χ0) is 25.4. The van der Waals surface area contributed by atoms with Crippen molar-refractivity contribution in [3.63, 3.8) is 0 Å². The van der Waals surface area contributed by atoms with Crippen LogP contribution in [0.2, 0.25) is 0 Å². The molecule has 0 saturated carbocycles. The second-order valence-corrected chi connectivity index (χ2v) is 8.57. The van der Waals surface area contributed by atoms with Gasteiger partial charge in [0.15, 0.2) is 11.5 Å². The van der Waals surface area contributed by atoms with Gasteiger partial charge in [-0.05, 0) is 30.7 Å². The van der Waals surface area contributed by atoms with Crippen molar-refractivity contribution < 1.29 is 9.18 Å². The van der Waals surface area contributed by atoms with Gasteiger partial charge in [0, 0.05) is 35.5 Å². The van der Waals surface area contributed by atoms with E-state index in [0.717, 1.165) is 17.5 Å². The van der Waals surface area contributed by atoms with Gasteiger partial charge in [-0.3, -0.25) is 19.9 Å². The zero-order valence-electron chi connectivity index (χ0n) is 19.8. The molecule has 1 amide bonds. The predicted octanol–water partition coefficient (Wildman–Crippen LogP) is 5.50. The number of carbonyl (C=O) groups excluding carboxylic acids is 1. The number of benzene rings is 1. The normalized spacial score (nSPS) is 11.3. The van der Waals surface area contributed by atoms with Crippen LogP contribution >= 0.6 is 0 Å². The molecule has 6 rings (SSSR count). The Labute approximate surface area is 210 Å². The molecule has 0 aliphatic rings. The number of aromatic nitrogens is 7. The molecule has 1 aromatic carbocycles. The summed E-state index contributed by atoms with van der Waals surface area (Å²) in [5, 5.41) is 10.3. The third-order valence-electron chi connectivity index (χ3n) is 5.99. The number of anilines is 1. The fourth-order valence-electron chi connectivity index (χ4n) is 4.25. The van der Waals surface area contributed by atoms with Crippen molar-refractivity contribution in [2.45, 2.75) is 19.8 Å². The molecule has 0 aliphatic carbocycles. The van der Waals surface area contributed by atoms with Gasteiger partial charge in [-0.25, -0.2) is 14.4 Å². The summed E-state index contributed by atoms with van der Waals surface area (Å²) in [4.78, 5) is 33.3. The third kappa shape index (κ3) is 4.18. The molecule has 0 aliphatic heterocycles. The highest BCUT2D eigenvalue weighted by Gasteiger charge is 2.18. The second-order valence-electron chi connectivity index (χ2n) is 8.57. The van der Waals surface area contributed by atoms with Gasteiger partial charge in [-0.15, -0.1) is 0 Å². The maximum atomic E-state index is 14.5. The molecule has 10 heteroatoms. The minimum Gasteiger partial charge on any atom is -0.335 e. The van der Waals surface area contributed by atoms with Gasteiger partial charge in [0.05, 0.1) is 34.8 Å². The Morgan fingerprint density at radius 2 is 1.81 bits per heavy atom. The van der Waals surface area contributed by atoms with Crippen molar-refractivity contribution in [1.29, 1.82) is 0 Å². The van der Waals surface area contributed by atoms with E-state index in [9.17, 15) is 9.18 Å². The summed E-state index contributed by atoms with van der Waals surface area (Å²) in [6.45, 7) is 1.95. The third-order valence-corrected chi connectivity index (χ3v) is 5.99. The first-order valence-electron chi connectivity index (χ1n) is 11.8. The van der Waals surface area contributed by atoms with Crippen LogP contribution in [0.25, 0.3) is 56.0 Å². The van der Waals surface area contributed by atoms with Crippen LogP contribution in [0, 0.1) is 5.82 Å². The van der Waals surface area contributed by atoms with Crippen molar-refractivity contribution in [1.82, 2.24) is 35.1 Å². The Morgan fingerprint density at radius 1 is 0.946 bits per heavy atom. The van der Waals surface area contributed by atoms with Gasteiger partial charge >= 0.3 is 0 Å². The molecule has 182 valence electrons. The summed E-state index contributed by atoms with van der Waals surface area (Å²) in [6.07, 6.45) is 7.75. The molecule has 0 unspecified atom stereocenters. The van der Waals surface area contributed by atoms with Crippen LogP contribution < -0.4 is 5.32 Å². The highest BCUT2D eigenvalue weighted by Crippen LogP contribution is 2.32. The van der Waals surface area contributed by atoms with Crippen molar-refractivity contribution in [3.8, 4) is 33.9 Å². The van der Waals surface area contributed by atoms with Gasteiger partial charge in [0.25, 0.3) is 0 Å². The number of aromatic amines is 2. The van der Waals surface area contributed by atoms with Gasteiger partial charge in [-0.2, -0.15) is 5.10 Å². The molecule has 0 saturated heterocycles. The van der Waals surface area contributed by atoms with Crippen LogP contribution in [0.15, 0.2) is 67.3 Å². The van der Waals surface area contributed by atoms with Crippen LogP contribution in [0.1, 0.15) is 19.8 Å². The largest absolute Gasteiger partial charge is 0.335 e. The molecular weight excluding hydrogens is 471 g/mol. The Bertz CT molecular complexity index is 1770. The van der Waals surface area contributed by atoms with Gasteiger partial charge in [0.1, 0.15) is 16.9 Å². The SMILES string of the molecule is CCCC(=O)Nc1cncc(-c2ccc3[nH]nc(-c4nc5c(-c6ccccc6F)cncc5[nH]4)c3n2)c1. The van der Waals surface area contributed by atoms with E-state index >= 15 is 0 Å². The maximum Gasteiger partial charge on any atom is 0.224 e. The zero-order valence-corrected chi connectivity index (χ0v) is 19.8. The van der Waals surface area contributed by atoms with Crippen molar-refractivity contribution >= 4 is 33.7 Å². The number of pyridine rings is 3. The molecule has 3 N–H and O–H groups in total. The summed E-state index contributed by atoms with van der Waals surface area (Å²) >= 11 is 0. The van der Waals surface area contributed by atoms with Crippen molar-refractivity contribution in [3.05, 3.63) is 73.1 Å². The Kier molecular flexibility index (Phi) is 5.61. The number of nitrogens with one attached hydrogen (secondary N) is 3. The van der Waals surface area contributed by atoms with Crippen LogP contribution in [-0.4, -0.2) is 41.0 Å². The number of hydrogen-bond acceptors (Lipinski definition) is 6. The number of nitrogens with zero attached hydrogens (tertiary/aromatic N) is 5. The maximum absolute atomic E-state index is 14.5. The summed E-state index contributed by atoms with van der Waals surface area (Å²) in [6, 6.07) is 12.1. The number of fused-ring (bicyclic) bond motifs is 2. The van der Waals surface area contributed by atoms with E-state index in [1.54, 1.807) is 43.0 Å². The molecular formula is C27H21FN8O. The van der Waals surface area contributed by atoms with Gasteiger partial charge < -0.3 is 10.3 Å². The Morgan fingerprint density at radius 3 is 2.68 bits per heavy atom. The standard InChI is InChI=1S/C27H21FN8O/c1-2-5-23(37)31-16-10-15(11-29-12-16)20-8-9-21-25(32-20)26(36-35-21)27-33-22-14-30-13-18(24(22)34-27)17-6-3-4-7-19(17)28/h3-4,6-14H,2,5H2,1H3,(H,31,37)(H,33,34)(H,35,36). The lowest BCUT2D eigenvalue weighted by Gasteiger charge is -2.06. The number of hydrogen-bond donors (Lipinski definition) is 3. The van der Waals surface area contributed by atoms with E-state index < -0.39 is 0 Å². The molecule has 9 nitrogen and oxygen atoms in total. The second kappa shape index (κ2) is 9.23. The molecule has 37 heavy (non-hydrogen) atoms. The molecule has 5 heterocycles. The van der Waals surface area contributed by atoms with Crippen LogP contribution in [0.4, 0.5) is 10.1 Å². The van der Waals surface area contributed by atoms with E-state index in [2.05, 4.69) is 30.5 Å². The fraction of sp³-hybridized carbons (Fsp3) is 0.111. The minimum absolute atomic E-state index is 0.0592. The first-order chi connectivity index (χ1) is 18.1. The summed E-state index contributed by atoms with van der Waals surface area (Å²) in [5.41, 5.74) is 6.12. The quantitative estimate of drug-likeness (QED) is 0.282. The summed E-state index contributed by atoms with van der Waals surface area (Å²) in [7, 11) is 0. The average Bonchev–Trinajstić information content (AvgIpc) is 3.53. The van der Waals surface area contributed by atoms with E-state index in [1.807, 2.05) is 25.1 Å². The summed E-state index contributed by atoms with van der Waals surface area (Å²) in [5.74, 6) is 0.0749. The van der Waals surface area contributed by atoms with Crippen molar-refractivity contribution in [2.75, 3.05) is 5.32 Å².